The zero-order valence-corrected chi connectivity index (χ0v) is 14.9. The maximum Gasteiger partial charge on any atom is 0.272 e. The molecule has 0 fully saturated rings. The molecule has 3 rings (SSSR count). The van der Waals surface area contributed by atoms with Crippen LogP contribution in [0, 0.1) is 17.0 Å². The molecular formula is C19H18N4O4. The second-order valence-corrected chi connectivity index (χ2v) is 5.89. The van der Waals surface area contributed by atoms with E-state index in [0.29, 0.717) is 16.8 Å². The Balaban J connectivity index is 1.65. The maximum absolute atomic E-state index is 12.3. The lowest BCUT2D eigenvalue weighted by atomic mass is 10.1. The number of amides is 1. The van der Waals surface area contributed by atoms with E-state index >= 15 is 0 Å². The van der Waals surface area contributed by atoms with Crippen LogP contribution in [0.4, 0.5) is 5.69 Å². The van der Waals surface area contributed by atoms with E-state index in [-0.39, 0.29) is 18.1 Å². The molecular weight excluding hydrogens is 348 g/mol. The summed E-state index contributed by atoms with van der Waals surface area (Å²) in [5.74, 6) is 0.448. The number of benzene rings is 2. The molecule has 138 valence electrons. The molecule has 0 saturated carbocycles. The Kier molecular flexibility index (Phi) is 5.16. The Labute approximate surface area is 155 Å². The summed E-state index contributed by atoms with van der Waals surface area (Å²) in [5.41, 5.74) is 2.37. The summed E-state index contributed by atoms with van der Waals surface area (Å²) < 4.78 is 6.84. The smallest absolute Gasteiger partial charge is 0.272 e. The first-order valence-electron chi connectivity index (χ1n) is 8.20. The number of nitro benzene ring substituents is 1. The van der Waals surface area contributed by atoms with Gasteiger partial charge in [-0.15, -0.1) is 0 Å². The third-order valence-electron chi connectivity index (χ3n) is 4.07. The van der Waals surface area contributed by atoms with Crippen LogP contribution in [0.15, 0.2) is 54.7 Å². The summed E-state index contributed by atoms with van der Waals surface area (Å²) >= 11 is 0. The minimum absolute atomic E-state index is 0.00946. The van der Waals surface area contributed by atoms with Crippen molar-refractivity contribution in [3.63, 3.8) is 0 Å². The van der Waals surface area contributed by atoms with Crippen LogP contribution < -0.4 is 10.1 Å². The van der Waals surface area contributed by atoms with Crippen molar-refractivity contribution in [3.8, 4) is 11.4 Å². The van der Waals surface area contributed by atoms with Gasteiger partial charge in [0.25, 0.3) is 11.6 Å². The lowest BCUT2D eigenvalue weighted by Crippen LogP contribution is -2.23. The van der Waals surface area contributed by atoms with Gasteiger partial charge < -0.3 is 10.1 Å². The average molecular weight is 366 g/mol. The van der Waals surface area contributed by atoms with E-state index in [2.05, 4.69) is 10.4 Å². The van der Waals surface area contributed by atoms with Gasteiger partial charge in [0.15, 0.2) is 0 Å². The number of ether oxygens (including phenoxy) is 1. The number of hydrogen-bond donors (Lipinski definition) is 1. The second-order valence-electron chi connectivity index (χ2n) is 5.89. The highest BCUT2D eigenvalue weighted by atomic mass is 16.6. The Hall–Kier alpha value is -3.68. The molecule has 0 aliphatic carbocycles. The van der Waals surface area contributed by atoms with Gasteiger partial charge in [0.1, 0.15) is 5.75 Å². The van der Waals surface area contributed by atoms with Crippen molar-refractivity contribution in [2.24, 2.45) is 0 Å². The normalized spacial score (nSPS) is 10.4. The second kappa shape index (κ2) is 7.69. The Morgan fingerprint density at radius 3 is 2.59 bits per heavy atom. The maximum atomic E-state index is 12.3. The molecule has 2 aromatic carbocycles. The fraction of sp³-hybridized carbons (Fsp3) is 0.158. The minimum Gasteiger partial charge on any atom is -0.497 e. The van der Waals surface area contributed by atoms with Gasteiger partial charge in [-0.25, -0.2) is 4.68 Å². The number of carbonyl (C=O) groups excluding carboxylic acids is 1. The fourth-order valence-electron chi connectivity index (χ4n) is 2.61. The van der Waals surface area contributed by atoms with Gasteiger partial charge in [0.05, 0.1) is 30.0 Å². The molecule has 3 aromatic rings. The number of nitrogens with one attached hydrogen (secondary N) is 1. The first-order chi connectivity index (χ1) is 13.0. The van der Waals surface area contributed by atoms with E-state index in [1.54, 1.807) is 24.9 Å². The third-order valence-corrected chi connectivity index (χ3v) is 4.07. The van der Waals surface area contributed by atoms with E-state index in [1.807, 2.05) is 30.3 Å². The molecule has 1 heterocycles. The predicted molar refractivity (Wildman–Crippen MR) is 99.1 cm³/mol. The molecule has 27 heavy (non-hydrogen) atoms. The van der Waals surface area contributed by atoms with Crippen molar-refractivity contribution in [2.45, 2.75) is 13.5 Å². The molecule has 1 amide bonds. The monoisotopic (exact) mass is 366 g/mol. The van der Waals surface area contributed by atoms with Gasteiger partial charge in [-0.05, 0) is 49.4 Å². The Morgan fingerprint density at radius 1 is 1.22 bits per heavy atom. The zero-order chi connectivity index (χ0) is 19.4. The molecule has 8 heteroatoms. The van der Waals surface area contributed by atoms with Gasteiger partial charge in [-0.3, -0.25) is 14.9 Å². The third kappa shape index (κ3) is 4.12. The van der Waals surface area contributed by atoms with Crippen molar-refractivity contribution in [2.75, 3.05) is 7.11 Å². The van der Waals surface area contributed by atoms with Crippen LogP contribution in [0.2, 0.25) is 0 Å². The standard InChI is InChI=1S/C19H18N4O4/c1-13-11-14(3-8-18(13)23(25)26)19(24)20-12-15-9-10-22(21-15)16-4-6-17(27-2)7-5-16/h3-11H,12H2,1-2H3,(H,20,24). The molecule has 0 aliphatic rings. The highest BCUT2D eigenvalue weighted by Crippen LogP contribution is 2.19. The number of carbonyl (C=O) groups is 1. The van der Waals surface area contributed by atoms with Crippen LogP contribution >= 0.6 is 0 Å². The molecule has 0 bridgehead atoms. The summed E-state index contributed by atoms with van der Waals surface area (Å²) in [6.45, 7) is 1.85. The highest BCUT2D eigenvalue weighted by Gasteiger charge is 2.14. The lowest BCUT2D eigenvalue weighted by Gasteiger charge is -2.05. The average Bonchev–Trinajstić information content (AvgIpc) is 3.14. The van der Waals surface area contributed by atoms with Gasteiger partial charge in [0.2, 0.25) is 0 Å². The van der Waals surface area contributed by atoms with Gasteiger partial charge in [-0.1, -0.05) is 0 Å². The van der Waals surface area contributed by atoms with Crippen molar-refractivity contribution >= 4 is 11.6 Å². The van der Waals surface area contributed by atoms with Crippen molar-refractivity contribution in [1.82, 2.24) is 15.1 Å². The number of hydrogen-bond acceptors (Lipinski definition) is 5. The van der Waals surface area contributed by atoms with Crippen LogP contribution in [-0.2, 0) is 6.54 Å². The largest absolute Gasteiger partial charge is 0.497 e. The van der Waals surface area contributed by atoms with Gasteiger partial charge in [0, 0.05) is 23.4 Å². The van der Waals surface area contributed by atoms with Crippen LogP contribution in [0.1, 0.15) is 21.6 Å². The van der Waals surface area contributed by atoms with E-state index in [1.165, 1.54) is 18.2 Å². The first kappa shape index (κ1) is 18.1. The number of aryl methyl sites for hydroxylation is 1. The minimum atomic E-state index is -0.469. The quantitative estimate of drug-likeness (QED) is 0.534. The summed E-state index contributed by atoms with van der Waals surface area (Å²) in [7, 11) is 1.61. The van der Waals surface area contributed by atoms with E-state index < -0.39 is 4.92 Å². The molecule has 0 aliphatic heterocycles. The molecule has 0 saturated heterocycles. The first-order valence-corrected chi connectivity index (χ1v) is 8.20. The molecule has 1 aromatic heterocycles. The Morgan fingerprint density at radius 2 is 1.96 bits per heavy atom. The molecule has 0 unspecified atom stereocenters. The molecule has 0 radical (unpaired) electrons. The van der Waals surface area contributed by atoms with Crippen LogP contribution in [0.5, 0.6) is 5.75 Å². The summed E-state index contributed by atoms with van der Waals surface area (Å²) in [4.78, 5) is 22.7. The van der Waals surface area contributed by atoms with Gasteiger partial charge >= 0.3 is 0 Å². The number of nitrogens with zero attached hydrogens (tertiary/aromatic N) is 3. The summed E-state index contributed by atoms with van der Waals surface area (Å²) in [6.07, 6.45) is 1.80. The lowest BCUT2D eigenvalue weighted by molar-refractivity contribution is -0.385. The van der Waals surface area contributed by atoms with Crippen LogP contribution in [0.25, 0.3) is 5.69 Å². The van der Waals surface area contributed by atoms with E-state index in [9.17, 15) is 14.9 Å². The van der Waals surface area contributed by atoms with E-state index in [4.69, 9.17) is 4.74 Å². The number of aromatic nitrogens is 2. The topological polar surface area (TPSA) is 99.3 Å². The van der Waals surface area contributed by atoms with Crippen LogP contribution in [-0.4, -0.2) is 27.7 Å². The number of nitro groups is 1. The summed E-state index contributed by atoms with van der Waals surface area (Å²) in [5, 5.41) is 18.1. The van der Waals surface area contributed by atoms with Crippen molar-refractivity contribution < 1.29 is 14.5 Å². The van der Waals surface area contributed by atoms with Crippen LogP contribution in [0.3, 0.4) is 0 Å². The molecule has 1 N–H and O–H groups in total. The van der Waals surface area contributed by atoms with E-state index in [0.717, 1.165) is 11.4 Å². The number of methoxy groups -OCH3 is 1. The summed E-state index contributed by atoms with van der Waals surface area (Å²) in [6, 6.07) is 13.5. The number of rotatable bonds is 6. The Bertz CT molecular complexity index is 980. The molecule has 0 spiro atoms. The zero-order valence-electron chi connectivity index (χ0n) is 14.9. The van der Waals surface area contributed by atoms with Gasteiger partial charge in [-0.2, -0.15) is 5.10 Å². The fourth-order valence-corrected chi connectivity index (χ4v) is 2.61. The SMILES string of the molecule is COc1ccc(-n2ccc(CNC(=O)c3ccc([N+](=O)[O-])c(C)c3)n2)cc1. The van der Waals surface area contributed by atoms with Crippen molar-refractivity contribution in [1.29, 1.82) is 0 Å². The highest BCUT2D eigenvalue weighted by molar-refractivity contribution is 5.94. The molecule has 0 atom stereocenters. The molecule has 8 nitrogen and oxygen atoms in total. The van der Waals surface area contributed by atoms with Crippen molar-refractivity contribution in [3.05, 3.63) is 81.7 Å². The predicted octanol–water partition coefficient (Wildman–Crippen LogP) is 3.03.